The Labute approximate surface area is 108 Å². The van der Waals surface area contributed by atoms with Crippen LogP contribution in [0.5, 0.6) is 0 Å². The van der Waals surface area contributed by atoms with Gasteiger partial charge in [-0.3, -0.25) is 4.79 Å². The molecule has 1 rings (SSSR count). The fraction of sp³-hybridized carbons (Fsp3) is 0.846. The molecule has 1 fully saturated rings. The number of rotatable bonds is 7. The highest BCUT2D eigenvalue weighted by atomic mass is 16.4. The number of hydrogen-bond acceptors (Lipinski definition) is 3. The lowest BCUT2D eigenvalue weighted by atomic mass is 9.96. The summed E-state index contributed by atoms with van der Waals surface area (Å²) in [5.41, 5.74) is 5.52. The zero-order valence-electron chi connectivity index (χ0n) is 11.1. The highest BCUT2D eigenvalue weighted by Crippen LogP contribution is 2.21. The largest absolute Gasteiger partial charge is 0.480 e. The first kappa shape index (κ1) is 15.0. The lowest BCUT2D eigenvalue weighted by Gasteiger charge is -2.22. The van der Waals surface area contributed by atoms with E-state index in [-0.39, 0.29) is 5.91 Å². The van der Waals surface area contributed by atoms with Crippen LogP contribution < -0.4 is 5.73 Å². The van der Waals surface area contributed by atoms with E-state index < -0.39 is 12.0 Å². The minimum Gasteiger partial charge on any atom is -0.480 e. The molecule has 0 aliphatic carbocycles. The number of carboxylic acid groups (broad SMARTS) is 1. The van der Waals surface area contributed by atoms with Gasteiger partial charge in [0, 0.05) is 13.0 Å². The summed E-state index contributed by atoms with van der Waals surface area (Å²) in [6, 6.07) is -0.605. The average molecular weight is 256 g/mol. The average Bonchev–Trinajstić information content (AvgIpc) is 2.83. The van der Waals surface area contributed by atoms with Crippen molar-refractivity contribution in [2.45, 2.75) is 51.5 Å². The molecule has 104 valence electrons. The van der Waals surface area contributed by atoms with Gasteiger partial charge in [-0.2, -0.15) is 0 Å². The molecular formula is C13H24N2O3. The number of aliphatic carboxylic acids is 1. The molecule has 1 amide bonds. The van der Waals surface area contributed by atoms with E-state index >= 15 is 0 Å². The molecule has 0 aromatic rings. The second-order valence-electron chi connectivity index (χ2n) is 4.97. The lowest BCUT2D eigenvalue weighted by molar-refractivity contribution is -0.148. The minimum absolute atomic E-state index is 0.0182. The molecule has 0 saturated carbocycles. The van der Waals surface area contributed by atoms with Crippen LogP contribution in [-0.2, 0) is 9.59 Å². The number of carbonyl (C=O) groups is 2. The van der Waals surface area contributed by atoms with Gasteiger partial charge in [-0.05, 0) is 38.1 Å². The fourth-order valence-corrected chi connectivity index (χ4v) is 2.58. The van der Waals surface area contributed by atoms with Gasteiger partial charge < -0.3 is 15.7 Å². The van der Waals surface area contributed by atoms with Crippen LogP contribution in [0.3, 0.4) is 0 Å². The summed E-state index contributed by atoms with van der Waals surface area (Å²) in [7, 11) is 0. The summed E-state index contributed by atoms with van der Waals surface area (Å²) in [5, 5.41) is 9.03. The Morgan fingerprint density at radius 2 is 2.17 bits per heavy atom. The second-order valence-corrected chi connectivity index (χ2v) is 4.97. The normalized spacial score (nSPS) is 21.0. The zero-order valence-corrected chi connectivity index (χ0v) is 11.1. The fourth-order valence-electron chi connectivity index (χ4n) is 2.58. The van der Waals surface area contributed by atoms with Crippen molar-refractivity contribution in [3.8, 4) is 0 Å². The van der Waals surface area contributed by atoms with Crippen LogP contribution in [0.25, 0.3) is 0 Å². The number of carbonyl (C=O) groups excluding carboxylic acids is 1. The van der Waals surface area contributed by atoms with Gasteiger partial charge in [-0.1, -0.05) is 13.3 Å². The molecule has 2 atom stereocenters. The second kappa shape index (κ2) is 7.36. The van der Waals surface area contributed by atoms with E-state index in [0.717, 1.165) is 25.7 Å². The Hall–Kier alpha value is -1.10. The summed E-state index contributed by atoms with van der Waals surface area (Å²) in [4.78, 5) is 24.5. The van der Waals surface area contributed by atoms with E-state index in [9.17, 15) is 9.59 Å². The molecule has 1 heterocycles. The van der Waals surface area contributed by atoms with Crippen LogP contribution >= 0.6 is 0 Å². The Morgan fingerprint density at radius 1 is 1.44 bits per heavy atom. The van der Waals surface area contributed by atoms with E-state index in [1.54, 1.807) is 0 Å². The Morgan fingerprint density at radius 3 is 2.72 bits per heavy atom. The van der Waals surface area contributed by atoms with Crippen molar-refractivity contribution in [1.82, 2.24) is 4.90 Å². The third-order valence-electron chi connectivity index (χ3n) is 3.78. The molecule has 1 aliphatic heterocycles. The van der Waals surface area contributed by atoms with Crippen LogP contribution in [0.1, 0.15) is 45.4 Å². The van der Waals surface area contributed by atoms with Gasteiger partial charge in [0.25, 0.3) is 0 Å². The van der Waals surface area contributed by atoms with Gasteiger partial charge >= 0.3 is 5.97 Å². The molecular weight excluding hydrogens is 232 g/mol. The first-order chi connectivity index (χ1) is 8.60. The van der Waals surface area contributed by atoms with Crippen LogP contribution in [0.4, 0.5) is 0 Å². The van der Waals surface area contributed by atoms with E-state index in [2.05, 4.69) is 6.92 Å². The van der Waals surface area contributed by atoms with Crippen molar-refractivity contribution in [1.29, 1.82) is 0 Å². The van der Waals surface area contributed by atoms with Crippen molar-refractivity contribution >= 4 is 11.9 Å². The van der Waals surface area contributed by atoms with Gasteiger partial charge in [0.15, 0.2) is 0 Å². The molecule has 0 aromatic carbocycles. The summed E-state index contributed by atoms with van der Waals surface area (Å²) in [6.07, 6.45) is 4.60. The standard InChI is InChI=1S/C13H24N2O3/c1-2-10(7-8-14)5-6-12(16)15-9-3-4-11(15)13(17)18/h10-11H,2-9,14H2,1H3,(H,17,18)/t10?,11-/m0/s1. The number of hydrogen-bond donors (Lipinski definition) is 2. The summed E-state index contributed by atoms with van der Waals surface area (Å²) >= 11 is 0. The maximum absolute atomic E-state index is 12.0. The molecule has 1 saturated heterocycles. The van der Waals surface area contributed by atoms with Crippen LogP contribution in [0.2, 0.25) is 0 Å². The van der Waals surface area contributed by atoms with Gasteiger partial charge in [0.2, 0.25) is 5.91 Å². The monoisotopic (exact) mass is 256 g/mol. The van der Waals surface area contributed by atoms with Gasteiger partial charge in [0.1, 0.15) is 6.04 Å². The SMILES string of the molecule is CCC(CCN)CCC(=O)N1CCC[C@H]1C(=O)O. The first-order valence-electron chi connectivity index (χ1n) is 6.82. The van der Waals surface area contributed by atoms with Gasteiger partial charge in [-0.15, -0.1) is 0 Å². The smallest absolute Gasteiger partial charge is 0.326 e. The number of nitrogens with zero attached hydrogens (tertiary/aromatic N) is 1. The molecule has 5 heteroatoms. The Bertz CT molecular complexity index is 294. The molecule has 0 spiro atoms. The Kier molecular flexibility index (Phi) is 6.12. The van der Waals surface area contributed by atoms with Crippen LogP contribution in [0, 0.1) is 5.92 Å². The molecule has 18 heavy (non-hydrogen) atoms. The number of nitrogens with two attached hydrogens (primary N) is 1. The highest BCUT2D eigenvalue weighted by Gasteiger charge is 2.33. The molecule has 0 radical (unpaired) electrons. The Balaban J connectivity index is 2.42. The minimum atomic E-state index is -0.880. The highest BCUT2D eigenvalue weighted by molar-refractivity contribution is 5.84. The number of likely N-dealkylation sites (tertiary alicyclic amines) is 1. The predicted octanol–water partition coefficient (Wildman–Crippen LogP) is 1.22. The number of amides is 1. The molecule has 1 unspecified atom stereocenters. The maximum Gasteiger partial charge on any atom is 0.326 e. The van der Waals surface area contributed by atoms with Crippen molar-refractivity contribution < 1.29 is 14.7 Å². The van der Waals surface area contributed by atoms with Crippen LogP contribution in [0.15, 0.2) is 0 Å². The van der Waals surface area contributed by atoms with E-state index in [4.69, 9.17) is 10.8 Å². The van der Waals surface area contributed by atoms with Crippen molar-refractivity contribution in [2.75, 3.05) is 13.1 Å². The predicted molar refractivity (Wildman–Crippen MR) is 69.1 cm³/mol. The molecule has 1 aliphatic rings. The summed E-state index contributed by atoms with van der Waals surface area (Å²) in [5.74, 6) is -0.421. The topological polar surface area (TPSA) is 83.6 Å². The van der Waals surface area contributed by atoms with Crippen LogP contribution in [-0.4, -0.2) is 41.0 Å². The van der Waals surface area contributed by atoms with Crippen molar-refractivity contribution in [3.63, 3.8) is 0 Å². The zero-order chi connectivity index (χ0) is 13.5. The molecule has 3 N–H and O–H groups in total. The van der Waals surface area contributed by atoms with Crippen molar-refractivity contribution in [2.24, 2.45) is 11.7 Å². The third-order valence-corrected chi connectivity index (χ3v) is 3.78. The molecule has 0 bridgehead atoms. The van der Waals surface area contributed by atoms with Gasteiger partial charge in [0.05, 0.1) is 0 Å². The molecule has 0 aromatic heterocycles. The van der Waals surface area contributed by atoms with Crippen molar-refractivity contribution in [3.05, 3.63) is 0 Å². The van der Waals surface area contributed by atoms with E-state index in [1.165, 1.54) is 4.90 Å². The summed E-state index contributed by atoms with van der Waals surface area (Å²) in [6.45, 7) is 3.33. The molecule has 5 nitrogen and oxygen atoms in total. The lowest BCUT2D eigenvalue weighted by Crippen LogP contribution is -2.40. The third kappa shape index (κ3) is 3.98. The van der Waals surface area contributed by atoms with E-state index in [0.29, 0.717) is 31.8 Å². The maximum atomic E-state index is 12.0. The number of carboxylic acids is 1. The first-order valence-corrected chi connectivity index (χ1v) is 6.82. The van der Waals surface area contributed by atoms with Gasteiger partial charge in [-0.25, -0.2) is 4.79 Å². The quantitative estimate of drug-likeness (QED) is 0.717. The van der Waals surface area contributed by atoms with E-state index in [1.807, 2.05) is 0 Å². The summed E-state index contributed by atoms with van der Waals surface area (Å²) < 4.78 is 0.